The van der Waals surface area contributed by atoms with Crippen LogP contribution in [0, 0.1) is 0 Å². The summed E-state index contributed by atoms with van der Waals surface area (Å²) in [4.78, 5) is 0. The fraction of sp³-hybridized carbons (Fsp3) is 0.538. The van der Waals surface area contributed by atoms with Crippen molar-refractivity contribution in [3.8, 4) is 0 Å². The maximum atomic E-state index is 10.4. The van der Waals surface area contributed by atoms with Crippen molar-refractivity contribution < 1.29 is 5.11 Å². The Morgan fingerprint density at radius 3 is 2.06 bits per heavy atom. The minimum Gasteiger partial charge on any atom is -0.384 e. The van der Waals surface area contributed by atoms with Crippen LogP contribution in [0.3, 0.4) is 0 Å². The molecule has 0 unspecified atom stereocenters. The Bertz CT molecular complexity index is 338. The standard InChI is InChI=1S/C13H20BrNO/c1-12(2,3)15-9-13(4,16)10-5-7-11(14)8-6-10/h5-8,15-16H,9H2,1-4H3/t13-/m0/s1. The number of β-amino-alcohol motifs (C(OH)–C–C–N with tert-alkyl or cyclic N) is 1. The van der Waals surface area contributed by atoms with Crippen LogP contribution < -0.4 is 5.32 Å². The molecule has 0 saturated carbocycles. The summed E-state index contributed by atoms with van der Waals surface area (Å²) < 4.78 is 1.02. The van der Waals surface area contributed by atoms with E-state index in [-0.39, 0.29) is 5.54 Å². The van der Waals surface area contributed by atoms with Crippen LogP contribution in [-0.2, 0) is 5.60 Å². The van der Waals surface area contributed by atoms with E-state index in [1.165, 1.54) is 0 Å². The quantitative estimate of drug-likeness (QED) is 0.895. The second-order valence-electron chi connectivity index (χ2n) is 5.38. The SMILES string of the molecule is CC(C)(C)NC[C@](C)(O)c1ccc(Br)cc1. The third-order valence-corrected chi connectivity index (χ3v) is 2.96. The molecule has 1 rings (SSSR count). The second kappa shape index (κ2) is 4.86. The predicted molar refractivity (Wildman–Crippen MR) is 71.5 cm³/mol. The van der Waals surface area contributed by atoms with Gasteiger partial charge in [0.15, 0.2) is 0 Å². The van der Waals surface area contributed by atoms with Gasteiger partial charge in [0.25, 0.3) is 0 Å². The minimum atomic E-state index is -0.839. The number of benzene rings is 1. The summed E-state index contributed by atoms with van der Waals surface area (Å²) in [6.45, 7) is 8.63. The molecule has 0 spiro atoms. The first-order chi connectivity index (χ1) is 7.21. The van der Waals surface area contributed by atoms with E-state index in [4.69, 9.17) is 0 Å². The molecule has 16 heavy (non-hydrogen) atoms. The molecule has 0 aromatic heterocycles. The maximum Gasteiger partial charge on any atom is 0.0992 e. The minimum absolute atomic E-state index is 0.0132. The van der Waals surface area contributed by atoms with Gasteiger partial charge in [-0.05, 0) is 45.4 Å². The van der Waals surface area contributed by atoms with Gasteiger partial charge in [-0.3, -0.25) is 0 Å². The van der Waals surface area contributed by atoms with E-state index in [0.29, 0.717) is 6.54 Å². The molecule has 1 atom stereocenters. The van der Waals surface area contributed by atoms with Crippen LogP contribution in [0.15, 0.2) is 28.7 Å². The summed E-state index contributed by atoms with van der Waals surface area (Å²) >= 11 is 3.39. The molecule has 0 aliphatic carbocycles. The summed E-state index contributed by atoms with van der Waals surface area (Å²) in [7, 11) is 0. The summed E-state index contributed by atoms with van der Waals surface area (Å²) in [6.07, 6.45) is 0. The van der Waals surface area contributed by atoms with E-state index in [0.717, 1.165) is 10.0 Å². The molecule has 0 aliphatic heterocycles. The largest absolute Gasteiger partial charge is 0.384 e. The van der Waals surface area contributed by atoms with Crippen LogP contribution in [0.25, 0.3) is 0 Å². The summed E-state index contributed by atoms with van der Waals surface area (Å²) in [6, 6.07) is 7.77. The van der Waals surface area contributed by atoms with Crippen molar-refractivity contribution in [2.75, 3.05) is 6.54 Å². The molecular weight excluding hydrogens is 266 g/mol. The summed E-state index contributed by atoms with van der Waals surface area (Å²) in [5.74, 6) is 0. The van der Waals surface area contributed by atoms with E-state index in [9.17, 15) is 5.11 Å². The summed E-state index contributed by atoms with van der Waals surface area (Å²) in [5.41, 5.74) is 0.0975. The highest BCUT2D eigenvalue weighted by molar-refractivity contribution is 9.10. The monoisotopic (exact) mass is 285 g/mol. The zero-order valence-electron chi connectivity index (χ0n) is 10.3. The highest BCUT2D eigenvalue weighted by Crippen LogP contribution is 2.22. The predicted octanol–water partition coefficient (Wildman–Crippen LogP) is 3.04. The van der Waals surface area contributed by atoms with Crippen LogP contribution in [0.2, 0.25) is 0 Å². The van der Waals surface area contributed by atoms with Gasteiger partial charge in [0.05, 0.1) is 5.60 Å². The van der Waals surface area contributed by atoms with Crippen molar-refractivity contribution in [2.45, 2.75) is 38.8 Å². The zero-order chi connectivity index (χ0) is 12.4. The lowest BCUT2D eigenvalue weighted by atomic mass is 9.95. The van der Waals surface area contributed by atoms with Crippen molar-refractivity contribution in [3.63, 3.8) is 0 Å². The molecule has 1 aromatic carbocycles. The van der Waals surface area contributed by atoms with Crippen molar-refractivity contribution in [2.24, 2.45) is 0 Å². The second-order valence-corrected chi connectivity index (χ2v) is 6.30. The lowest BCUT2D eigenvalue weighted by Crippen LogP contribution is -2.44. The lowest BCUT2D eigenvalue weighted by molar-refractivity contribution is 0.0502. The molecule has 0 amide bonds. The smallest absolute Gasteiger partial charge is 0.0992 e. The fourth-order valence-corrected chi connectivity index (χ4v) is 1.61. The zero-order valence-corrected chi connectivity index (χ0v) is 11.9. The van der Waals surface area contributed by atoms with E-state index < -0.39 is 5.60 Å². The van der Waals surface area contributed by atoms with Gasteiger partial charge < -0.3 is 10.4 Å². The maximum absolute atomic E-state index is 10.4. The normalized spacial score (nSPS) is 15.9. The van der Waals surface area contributed by atoms with Crippen LogP contribution in [-0.4, -0.2) is 17.2 Å². The number of rotatable bonds is 3. The molecule has 0 bridgehead atoms. The Kier molecular flexibility index (Phi) is 4.16. The topological polar surface area (TPSA) is 32.3 Å². The van der Waals surface area contributed by atoms with Gasteiger partial charge in [-0.1, -0.05) is 28.1 Å². The van der Waals surface area contributed by atoms with Crippen molar-refractivity contribution in [1.29, 1.82) is 0 Å². The van der Waals surface area contributed by atoms with Gasteiger partial charge in [0.2, 0.25) is 0 Å². The molecule has 0 heterocycles. The van der Waals surface area contributed by atoms with Gasteiger partial charge in [-0.25, -0.2) is 0 Å². The van der Waals surface area contributed by atoms with Crippen LogP contribution in [0.4, 0.5) is 0 Å². The Labute approximate surface area is 106 Å². The Hall–Kier alpha value is -0.380. The highest BCUT2D eigenvalue weighted by atomic mass is 79.9. The van der Waals surface area contributed by atoms with Crippen LogP contribution in [0.1, 0.15) is 33.3 Å². The number of hydrogen-bond acceptors (Lipinski definition) is 2. The van der Waals surface area contributed by atoms with Gasteiger partial charge >= 0.3 is 0 Å². The van der Waals surface area contributed by atoms with E-state index in [1.54, 1.807) is 0 Å². The van der Waals surface area contributed by atoms with Crippen molar-refractivity contribution in [3.05, 3.63) is 34.3 Å². The van der Waals surface area contributed by atoms with E-state index in [1.807, 2.05) is 31.2 Å². The van der Waals surface area contributed by atoms with Gasteiger partial charge in [0, 0.05) is 16.6 Å². The van der Waals surface area contributed by atoms with Crippen LogP contribution >= 0.6 is 15.9 Å². The van der Waals surface area contributed by atoms with E-state index in [2.05, 4.69) is 42.0 Å². The van der Waals surface area contributed by atoms with Crippen LogP contribution in [0.5, 0.6) is 0 Å². The average Bonchev–Trinajstić information content (AvgIpc) is 2.15. The molecule has 0 aliphatic rings. The molecule has 0 fully saturated rings. The number of nitrogens with one attached hydrogen (secondary N) is 1. The van der Waals surface area contributed by atoms with E-state index >= 15 is 0 Å². The number of hydrogen-bond donors (Lipinski definition) is 2. The van der Waals surface area contributed by atoms with Gasteiger partial charge in [0.1, 0.15) is 0 Å². The van der Waals surface area contributed by atoms with Crippen molar-refractivity contribution in [1.82, 2.24) is 5.32 Å². The molecule has 1 aromatic rings. The average molecular weight is 286 g/mol. The highest BCUT2D eigenvalue weighted by Gasteiger charge is 2.24. The van der Waals surface area contributed by atoms with Gasteiger partial charge in [-0.15, -0.1) is 0 Å². The Morgan fingerprint density at radius 2 is 1.62 bits per heavy atom. The molecule has 90 valence electrons. The fourth-order valence-electron chi connectivity index (χ4n) is 1.35. The first-order valence-corrected chi connectivity index (χ1v) is 6.23. The first-order valence-electron chi connectivity index (χ1n) is 5.44. The molecule has 3 heteroatoms. The van der Waals surface area contributed by atoms with Gasteiger partial charge in [-0.2, -0.15) is 0 Å². The lowest BCUT2D eigenvalue weighted by Gasteiger charge is -2.29. The molecule has 2 N–H and O–H groups in total. The molecule has 2 nitrogen and oxygen atoms in total. The van der Waals surface area contributed by atoms with Crippen molar-refractivity contribution >= 4 is 15.9 Å². The third kappa shape index (κ3) is 4.24. The first kappa shape index (κ1) is 13.7. The molecule has 0 radical (unpaired) electrons. The summed E-state index contributed by atoms with van der Waals surface area (Å²) in [5, 5.41) is 13.7. The molecule has 0 saturated heterocycles. The molecular formula is C13H20BrNO. The Morgan fingerprint density at radius 1 is 1.12 bits per heavy atom. The number of aliphatic hydroxyl groups is 1. The Balaban J connectivity index is 2.73. The third-order valence-electron chi connectivity index (χ3n) is 2.43. The number of halogens is 1.